The van der Waals surface area contributed by atoms with Crippen LogP contribution < -0.4 is 5.56 Å². The molecule has 104 valence electrons. The number of carboxylic acid groups (broad SMARTS) is 1. The largest absolute Gasteiger partial charge is 0.481 e. The first kappa shape index (κ1) is 13.8. The van der Waals surface area contributed by atoms with Gasteiger partial charge in [0, 0.05) is 17.8 Å². The van der Waals surface area contributed by atoms with Gasteiger partial charge in [-0.2, -0.15) is 0 Å². The minimum absolute atomic E-state index is 0.114. The number of carboxylic acids is 1. The SMILES string of the molecule is CC(C)Cn1c2c(cc(CC(=O)O)c1=O)CCCC2. The van der Waals surface area contributed by atoms with Gasteiger partial charge in [-0.3, -0.25) is 9.59 Å². The molecule has 1 aliphatic carbocycles. The van der Waals surface area contributed by atoms with E-state index in [1.807, 2.05) is 10.6 Å². The first-order valence-electron chi connectivity index (χ1n) is 6.95. The second-order valence-electron chi connectivity index (χ2n) is 5.73. The molecule has 1 heterocycles. The molecule has 1 aromatic heterocycles. The van der Waals surface area contributed by atoms with E-state index in [2.05, 4.69) is 13.8 Å². The van der Waals surface area contributed by atoms with Crippen LogP contribution in [0.5, 0.6) is 0 Å². The Morgan fingerprint density at radius 3 is 2.68 bits per heavy atom. The highest BCUT2D eigenvalue weighted by Gasteiger charge is 2.19. The Labute approximate surface area is 113 Å². The number of pyridine rings is 1. The Hall–Kier alpha value is -1.58. The molecule has 0 fully saturated rings. The normalized spacial score (nSPS) is 14.5. The third-order valence-electron chi connectivity index (χ3n) is 3.56. The number of aryl methyl sites for hydroxylation is 1. The van der Waals surface area contributed by atoms with E-state index in [9.17, 15) is 9.59 Å². The molecule has 0 aliphatic heterocycles. The van der Waals surface area contributed by atoms with Crippen LogP contribution in [0.15, 0.2) is 10.9 Å². The second-order valence-corrected chi connectivity index (χ2v) is 5.73. The monoisotopic (exact) mass is 263 g/mol. The minimum atomic E-state index is -0.941. The molecule has 0 atom stereocenters. The zero-order valence-corrected chi connectivity index (χ0v) is 11.6. The zero-order valence-electron chi connectivity index (χ0n) is 11.6. The summed E-state index contributed by atoms with van der Waals surface area (Å²) in [5.74, 6) is -0.562. The lowest BCUT2D eigenvalue weighted by molar-refractivity contribution is -0.136. The van der Waals surface area contributed by atoms with Crippen LogP contribution in [0.1, 0.15) is 43.5 Å². The summed E-state index contributed by atoms with van der Waals surface area (Å²) in [7, 11) is 0. The van der Waals surface area contributed by atoms with Crippen molar-refractivity contribution in [1.29, 1.82) is 0 Å². The molecule has 19 heavy (non-hydrogen) atoms. The van der Waals surface area contributed by atoms with Crippen molar-refractivity contribution < 1.29 is 9.90 Å². The van der Waals surface area contributed by atoms with Crippen LogP contribution in [0.3, 0.4) is 0 Å². The number of carbonyl (C=O) groups is 1. The maximum absolute atomic E-state index is 12.4. The predicted molar refractivity (Wildman–Crippen MR) is 73.5 cm³/mol. The molecule has 0 bridgehead atoms. The van der Waals surface area contributed by atoms with Crippen molar-refractivity contribution in [1.82, 2.24) is 4.57 Å². The van der Waals surface area contributed by atoms with Gasteiger partial charge in [-0.25, -0.2) is 0 Å². The molecule has 1 aromatic rings. The fourth-order valence-electron chi connectivity index (χ4n) is 2.79. The van der Waals surface area contributed by atoms with Gasteiger partial charge < -0.3 is 9.67 Å². The molecule has 0 unspecified atom stereocenters. The average molecular weight is 263 g/mol. The van der Waals surface area contributed by atoms with E-state index in [-0.39, 0.29) is 12.0 Å². The summed E-state index contributed by atoms with van der Waals surface area (Å²) in [6.45, 7) is 4.83. The number of fused-ring (bicyclic) bond motifs is 1. The van der Waals surface area contributed by atoms with E-state index in [0.717, 1.165) is 31.4 Å². The first-order valence-corrected chi connectivity index (χ1v) is 6.95. The summed E-state index contributed by atoms with van der Waals surface area (Å²) in [5, 5.41) is 8.92. The summed E-state index contributed by atoms with van der Waals surface area (Å²) in [6.07, 6.45) is 3.96. The topological polar surface area (TPSA) is 59.3 Å². The van der Waals surface area contributed by atoms with E-state index < -0.39 is 5.97 Å². The van der Waals surface area contributed by atoms with Crippen molar-refractivity contribution in [2.24, 2.45) is 5.92 Å². The summed E-state index contributed by atoms with van der Waals surface area (Å²) in [6, 6.07) is 1.82. The Morgan fingerprint density at radius 1 is 1.37 bits per heavy atom. The number of hydrogen-bond donors (Lipinski definition) is 1. The van der Waals surface area contributed by atoms with Gasteiger partial charge in [0.25, 0.3) is 5.56 Å². The van der Waals surface area contributed by atoms with Crippen LogP contribution >= 0.6 is 0 Å². The molecule has 2 rings (SSSR count). The van der Waals surface area contributed by atoms with Crippen LogP contribution in [0.25, 0.3) is 0 Å². The quantitative estimate of drug-likeness (QED) is 0.904. The Kier molecular flexibility index (Phi) is 4.08. The Balaban J connectivity index is 2.53. The molecule has 1 aliphatic rings. The molecule has 0 radical (unpaired) electrons. The third kappa shape index (κ3) is 3.06. The molecule has 0 spiro atoms. The van der Waals surface area contributed by atoms with Crippen molar-refractivity contribution in [2.45, 2.75) is 52.5 Å². The second kappa shape index (κ2) is 5.59. The fourth-order valence-corrected chi connectivity index (χ4v) is 2.79. The third-order valence-corrected chi connectivity index (χ3v) is 3.56. The maximum Gasteiger partial charge on any atom is 0.308 e. The van der Waals surface area contributed by atoms with Gasteiger partial charge >= 0.3 is 5.97 Å². The molecule has 4 nitrogen and oxygen atoms in total. The standard InChI is InChI=1S/C15H21NO3/c1-10(2)9-16-13-6-4-3-5-11(13)7-12(15(16)19)8-14(17)18/h7,10H,3-6,8-9H2,1-2H3,(H,17,18). The summed E-state index contributed by atoms with van der Waals surface area (Å²) in [5.41, 5.74) is 2.60. The summed E-state index contributed by atoms with van der Waals surface area (Å²) in [4.78, 5) is 23.3. The smallest absolute Gasteiger partial charge is 0.308 e. The van der Waals surface area contributed by atoms with Crippen LogP contribution in [-0.4, -0.2) is 15.6 Å². The molecule has 1 N–H and O–H groups in total. The van der Waals surface area contributed by atoms with Crippen molar-refractivity contribution in [3.05, 3.63) is 33.2 Å². The molecule has 0 amide bonds. The molecular weight excluding hydrogens is 242 g/mol. The highest BCUT2D eigenvalue weighted by Crippen LogP contribution is 2.21. The van der Waals surface area contributed by atoms with Gasteiger partial charge in [-0.1, -0.05) is 13.8 Å². The van der Waals surface area contributed by atoms with Crippen molar-refractivity contribution in [3.8, 4) is 0 Å². The van der Waals surface area contributed by atoms with Gasteiger partial charge in [-0.15, -0.1) is 0 Å². The Morgan fingerprint density at radius 2 is 2.05 bits per heavy atom. The van der Waals surface area contributed by atoms with E-state index >= 15 is 0 Å². The minimum Gasteiger partial charge on any atom is -0.481 e. The highest BCUT2D eigenvalue weighted by molar-refractivity contribution is 5.70. The van der Waals surface area contributed by atoms with Crippen LogP contribution in [0.4, 0.5) is 0 Å². The lowest BCUT2D eigenvalue weighted by atomic mass is 9.93. The summed E-state index contributed by atoms with van der Waals surface area (Å²) >= 11 is 0. The van der Waals surface area contributed by atoms with Gasteiger partial charge in [0.2, 0.25) is 0 Å². The lowest BCUT2D eigenvalue weighted by Crippen LogP contribution is -2.32. The van der Waals surface area contributed by atoms with Crippen molar-refractivity contribution in [3.63, 3.8) is 0 Å². The van der Waals surface area contributed by atoms with Crippen molar-refractivity contribution >= 4 is 5.97 Å². The zero-order chi connectivity index (χ0) is 14.0. The van der Waals surface area contributed by atoms with E-state index in [0.29, 0.717) is 18.0 Å². The molecule has 0 aromatic carbocycles. The fraction of sp³-hybridized carbons (Fsp3) is 0.600. The number of aliphatic carboxylic acids is 1. The highest BCUT2D eigenvalue weighted by atomic mass is 16.4. The molecule has 0 saturated carbocycles. The first-order chi connectivity index (χ1) is 8.99. The lowest BCUT2D eigenvalue weighted by Gasteiger charge is -2.23. The Bertz CT molecular complexity index is 543. The van der Waals surface area contributed by atoms with Crippen LogP contribution in [0.2, 0.25) is 0 Å². The van der Waals surface area contributed by atoms with E-state index in [4.69, 9.17) is 5.11 Å². The number of aromatic nitrogens is 1. The molecule has 0 saturated heterocycles. The maximum atomic E-state index is 12.4. The summed E-state index contributed by atoms with van der Waals surface area (Å²) < 4.78 is 1.82. The average Bonchev–Trinajstić information content (AvgIpc) is 2.33. The molecular formula is C15H21NO3. The van der Waals surface area contributed by atoms with Gasteiger partial charge in [0.15, 0.2) is 0 Å². The van der Waals surface area contributed by atoms with Crippen LogP contribution in [-0.2, 0) is 30.6 Å². The van der Waals surface area contributed by atoms with E-state index in [1.165, 1.54) is 5.56 Å². The predicted octanol–water partition coefficient (Wildman–Crippen LogP) is 2.01. The van der Waals surface area contributed by atoms with E-state index in [1.54, 1.807) is 0 Å². The van der Waals surface area contributed by atoms with Gasteiger partial charge in [0.1, 0.15) is 0 Å². The number of nitrogens with zero attached hydrogens (tertiary/aromatic N) is 1. The molecule has 4 heteroatoms. The number of rotatable bonds is 4. The van der Waals surface area contributed by atoms with Crippen LogP contribution in [0, 0.1) is 5.92 Å². The van der Waals surface area contributed by atoms with Crippen molar-refractivity contribution in [2.75, 3.05) is 0 Å². The van der Waals surface area contributed by atoms with Gasteiger partial charge in [0.05, 0.1) is 6.42 Å². The number of hydrogen-bond acceptors (Lipinski definition) is 2. The van der Waals surface area contributed by atoms with Gasteiger partial charge in [-0.05, 0) is 43.2 Å².